The summed E-state index contributed by atoms with van der Waals surface area (Å²) in [5, 5.41) is 0. The Balaban J connectivity index is -0.0000000267. The maximum atomic E-state index is 8.52. The molecule has 0 aliphatic rings. The molecule has 0 aromatic rings. The second kappa shape index (κ2) is 9.65. The summed E-state index contributed by atoms with van der Waals surface area (Å²) in [6, 6.07) is 0. The van der Waals surface area contributed by atoms with Crippen LogP contribution in [0.1, 0.15) is 0 Å². The molecular formula is CsFO4SSn. The molecule has 0 bridgehead atoms. The van der Waals surface area contributed by atoms with Gasteiger partial charge in [0.15, 0.2) is 0 Å². The molecule has 8 heteroatoms. The molecular weight excluding hydrogens is 367 g/mol. The maximum absolute atomic E-state index is 8.52. The second-order valence-corrected chi connectivity index (χ2v) is 1.22. The fourth-order valence-electron chi connectivity index (χ4n) is 0. The summed E-state index contributed by atoms with van der Waals surface area (Å²) in [6.45, 7) is 0. The molecule has 0 rings (SSSR count). The van der Waals surface area contributed by atoms with Crippen LogP contribution in [0.2, 0.25) is 0 Å². The van der Waals surface area contributed by atoms with Crippen LogP contribution >= 0.6 is 0 Å². The van der Waals surface area contributed by atoms with E-state index in [-0.39, 0.29) is 97.5 Å². The summed E-state index contributed by atoms with van der Waals surface area (Å²) < 4.78 is 34.1. The molecule has 0 atom stereocenters. The Morgan fingerprint density at radius 3 is 1.12 bits per heavy atom. The van der Waals surface area contributed by atoms with Crippen molar-refractivity contribution in [1.82, 2.24) is 0 Å². The molecule has 0 unspecified atom stereocenters. The van der Waals surface area contributed by atoms with E-state index < -0.39 is 10.4 Å². The first-order chi connectivity index (χ1) is 2.00. The van der Waals surface area contributed by atoms with Gasteiger partial charge in [-0.2, -0.15) is 0 Å². The van der Waals surface area contributed by atoms with Crippen molar-refractivity contribution >= 4 is 34.3 Å². The van der Waals surface area contributed by atoms with Crippen LogP contribution in [0.25, 0.3) is 0 Å². The van der Waals surface area contributed by atoms with Crippen LogP contribution in [0.15, 0.2) is 0 Å². The first-order valence-electron chi connectivity index (χ1n) is 0.667. The summed E-state index contributed by atoms with van der Waals surface area (Å²) >= 11 is 0. The third-order valence-electron chi connectivity index (χ3n) is 0. The van der Waals surface area contributed by atoms with E-state index in [0.717, 1.165) is 0 Å². The zero-order chi connectivity index (χ0) is 4.50. The van der Waals surface area contributed by atoms with Crippen LogP contribution in [-0.4, -0.2) is 41.4 Å². The molecule has 0 heterocycles. The van der Waals surface area contributed by atoms with Gasteiger partial charge >= 0.3 is 92.8 Å². The van der Waals surface area contributed by atoms with Crippen molar-refractivity contribution in [3.05, 3.63) is 0 Å². The Hall–Kier alpha value is 2.65. The minimum absolute atomic E-state index is 0. The van der Waals surface area contributed by atoms with Crippen LogP contribution in [0.4, 0.5) is 0 Å². The molecule has 0 saturated carbocycles. The third kappa shape index (κ3) is 72.1. The first-order valence-corrected chi connectivity index (χ1v) is 2.00. The van der Waals surface area contributed by atoms with Gasteiger partial charge in [0.25, 0.3) is 0 Å². The van der Waals surface area contributed by atoms with Crippen molar-refractivity contribution in [2.45, 2.75) is 0 Å². The average molecular weight is 367 g/mol. The number of hydrogen-bond acceptors (Lipinski definition) is 4. The minimum atomic E-state index is -5.17. The van der Waals surface area contributed by atoms with Crippen molar-refractivity contribution in [3.63, 3.8) is 0 Å². The number of hydrogen-bond donors (Lipinski definition) is 0. The predicted molar refractivity (Wildman–Crippen MR) is 16.2 cm³/mol. The minimum Gasteiger partial charge on any atom is -1.00 e. The summed E-state index contributed by atoms with van der Waals surface area (Å²) in [5.74, 6) is 0. The Morgan fingerprint density at radius 1 is 1.12 bits per heavy atom. The zero-order valence-corrected chi connectivity index (χ0v) is 13.9. The largest absolute Gasteiger partial charge is 2.00 e. The van der Waals surface area contributed by atoms with Gasteiger partial charge in [-0.25, -0.2) is 0 Å². The summed E-state index contributed by atoms with van der Waals surface area (Å²) in [5.41, 5.74) is 0. The molecule has 0 amide bonds. The van der Waals surface area contributed by atoms with Gasteiger partial charge in [-0.15, -0.1) is 0 Å². The Morgan fingerprint density at radius 2 is 1.12 bits per heavy atom. The van der Waals surface area contributed by atoms with Gasteiger partial charge in [0.1, 0.15) is 0 Å². The van der Waals surface area contributed by atoms with Gasteiger partial charge in [-0.1, -0.05) is 0 Å². The Labute approximate surface area is 122 Å². The molecule has 8 heavy (non-hydrogen) atoms. The average Bonchev–Trinajstić information content (AvgIpc) is 0.722. The van der Waals surface area contributed by atoms with E-state index in [1.165, 1.54) is 0 Å². The number of halogens is 1. The molecule has 0 aromatic carbocycles. The molecule has 0 aliphatic heterocycles. The maximum Gasteiger partial charge on any atom is 2.00 e. The second-order valence-electron chi connectivity index (χ2n) is 0.408. The number of rotatable bonds is 0. The Bertz CT molecular complexity index is 99.2. The van der Waals surface area contributed by atoms with Gasteiger partial charge in [-0.3, -0.25) is 8.42 Å². The van der Waals surface area contributed by atoms with E-state index >= 15 is 0 Å². The SMILES string of the molecule is O=S(=O)([O-])[O-].[Cs+].[F-].[Sn+2]. The van der Waals surface area contributed by atoms with Crippen molar-refractivity contribution in [3.8, 4) is 0 Å². The van der Waals surface area contributed by atoms with E-state index in [1.54, 1.807) is 0 Å². The van der Waals surface area contributed by atoms with Crippen LogP contribution in [0.3, 0.4) is 0 Å². The van der Waals surface area contributed by atoms with Crippen molar-refractivity contribution < 1.29 is 91.1 Å². The summed E-state index contributed by atoms with van der Waals surface area (Å²) in [4.78, 5) is 0. The third-order valence-corrected chi connectivity index (χ3v) is 0. The first kappa shape index (κ1) is 22.4. The quantitative estimate of drug-likeness (QED) is 0.242. The van der Waals surface area contributed by atoms with Crippen molar-refractivity contribution in [1.29, 1.82) is 0 Å². The molecule has 0 aromatic heterocycles. The van der Waals surface area contributed by atoms with E-state index in [9.17, 15) is 0 Å². The zero-order valence-electron chi connectivity index (χ0n) is 3.92. The standard InChI is InChI=1S/Cs.FH.H2O4S.Sn/c;;1-5(2,3)4;/h;1H;(H2,1,2,3,4);/q+1;;;+2/p-3. The van der Waals surface area contributed by atoms with E-state index in [1.807, 2.05) is 0 Å². The molecule has 0 spiro atoms. The molecule has 0 fully saturated rings. The molecule has 42 valence electrons. The summed E-state index contributed by atoms with van der Waals surface area (Å²) in [7, 11) is -5.17. The molecule has 0 N–H and O–H groups in total. The fourth-order valence-corrected chi connectivity index (χ4v) is 0. The topological polar surface area (TPSA) is 80.3 Å². The van der Waals surface area contributed by atoms with Gasteiger partial charge in [0.05, 0.1) is 0 Å². The predicted octanol–water partition coefficient (Wildman–Crippen LogP) is -7.71. The molecule has 0 saturated heterocycles. The van der Waals surface area contributed by atoms with Gasteiger partial charge in [0, 0.05) is 10.4 Å². The van der Waals surface area contributed by atoms with Gasteiger partial charge in [-0.05, 0) is 0 Å². The van der Waals surface area contributed by atoms with Crippen molar-refractivity contribution in [2.24, 2.45) is 0 Å². The summed E-state index contributed by atoms with van der Waals surface area (Å²) in [6.07, 6.45) is 0. The smallest absolute Gasteiger partial charge is 1.00 e. The molecule has 0 aliphatic carbocycles. The fraction of sp³-hybridized carbons (Fsp3) is 0. The monoisotopic (exact) mass is 368 g/mol. The van der Waals surface area contributed by atoms with Gasteiger partial charge in [0.2, 0.25) is 0 Å². The van der Waals surface area contributed by atoms with E-state index in [4.69, 9.17) is 17.5 Å². The van der Waals surface area contributed by atoms with Crippen LogP contribution < -0.4 is 73.6 Å². The van der Waals surface area contributed by atoms with Gasteiger partial charge < -0.3 is 13.8 Å². The van der Waals surface area contributed by atoms with E-state index in [2.05, 4.69) is 0 Å². The van der Waals surface area contributed by atoms with Crippen LogP contribution in [0.5, 0.6) is 0 Å². The van der Waals surface area contributed by atoms with Crippen LogP contribution in [-0.2, 0) is 10.4 Å². The van der Waals surface area contributed by atoms with Crippen molar-refractivity contribution in [2.75, 3.05) is 0 Å². The molecule has 4 nitrogen and oxygen atoms in total. The van der Waals surface area contributed by atoms with E-state index in [0.29, 0.717) is 0 Å². The van der Waals surface area contributed by atoms with Crippen LogP contribution in [0, 0.1) is 0 Å². The normalized spacial score (nSPS) is 7.25. The molecule has 2 radical (unpaired) electrons. The Kier molecular flexibility index (Phi) is 27.1.